The number of para-hydroxylation sites is 3. The van der Waals surface area contributed by atoms with Crippen molar-refractivity contribution in [3.63, 3.8) is 0 Å². The van der Waals surface area contributed by atoms with Gasteiger partial charge in [-0.25, -0.2) is 0 Å². The van der Waals surface area contributed by atoms with Crippen molar-refractivity contribution in [1.82, 2.24) is 0 Å². The maximum atomic E-state index is 12.4. The Hall–Kier alpha value is -2.89. The molecule has 0 fully saturated rings. The first-order valence-corrected chi connectivity index (χ1v) is 6.81. The number of aryl methyl sites for hydroxylation is 1. The van der Waals surface area contributed by atoms with E-state index in [9.17, 15) is 14.9 Å². The lowest BCUT2D eigenvalue weighted by Crippen LogP contribution is -2.15. The van der Waals surface area contributed by atoms with Crippen LogP contribution in [-0.4, -0.2) is 17.4 Å². The fourth-order valence-electron chi connectivity index (χ4n) is 2.13. The molecule has 0 atom stereocenters. The summed E-state index contributed by atoms with van der Waals surface area (Å²) in [6.45, 7) is 3.89. The normalized spacial score (nSPS) is 10.1. The number of hydrogen-bond donors (Lipinski definition) is 1. The summed E-state index contributed by atoms with van der Waals surface area (Å²) >= 11 is 0. The Morgan fingerprint density at radius 3 is 2.64 bits per heavy atom. The third-order valence-electron chi connectivity index (χ3n) is 3.10. The molecule has 0 heterocycles. The molecule has 0 saturated carbocycles. The minimum Gasteiger partial charge on any atom is -0.492 e. The van der Waals surface area contributed by atoms with Gasteiger partial charge in [0.15, 0.2) is 0 Å². The van der Waals surface area contributed by atoms with E-state index in [0.717, 1.165) is 0 Å². The Labute approximate surface area is 127 Å². The maximum absolute atomic E-state index is 12.4. The van der Waals surface area contributed by atoms with E-state index in [-0.39, 0.29) is 11.3 Å². The van der Waals surface area contributed by atoms with Crippen molar-refractivity contribution >= 4 is 17.3 Å². The zero-order chi connectivity index (χ0) is 16.1. The lowest BCUT2D eigenvalue weighted by molar-refractivity contribution is -0.385. The molecule has 2 aromatic rings. The third kappa shape index (κ3) is 3.22. The molecule has 2 aromatic carbocycles. The first kappa shape index (κ1) is 15.5. The highest BCUT2D eigenvalue weighted by Crippen LogP contribution is 2.27. The van der Waals surface area contributed by atoms with Gasteiger partial charge in [-0.05, 0) is 32.0 Å². The quantitative estimate of drug-likeness (QED) is 0.676. The number of nitrogens with one attached hydrogen (secondary N) is 1. The molecule has 2 rings (SSSR count). The topological polar surface area (TPSA) is 81.5 Å². The highest BCUT2D eigenvalue weighted by molar-refractivity contribution is 6.08. The number of rotatable bonds is 5. The van der Waals surface area contributed by atoms with E-state index in [1.165, 1.54) is 6.07 Å². The lowest BCUT2D eigenvalue weighted by atomic mass is 10.1. The van der Waals surface area contributed by atoms with E-state index >= 15 is 0 Å². The molecule has 0 spiro atoms. The summed E-state index contributed by atoms with van der Waals surface area (Å²) in [5, 5.41) is 13.8. The van der Waals surface area contributed by atoms with Crippen molar-refractivity contribution in [2.45, 2.75) is 13.8 Å². The van der Waals surface area contributed by atoms with Crippen molar-refractivity contribution in [1.29, 1.82) is 0 Å². The van der Waals surface area contributed by atoms with Crippen LogP contribution in [0, 0.1) is 17.0 Å². The summed E-state index contributed by atoms with van der Waals surface area (Å²) in [5.41, 5.74) is 0.756. The number of benzene rings is 2. The number of ether oxygens (including phenoxy) is 1. The Balaban J connectivity index is 2.35. The van der Waals surface area contributed by atoms with Crippen LogP contribution < -0.4 is 10.1 Å². The van der Waals surface area contributed by atoms with E-state index < -0.39 is 10.8 Å². The van der Waals surface area contributed by atoms with Crippen LogP contribution in [0.25, 0.3) is 0 Å². The second kappa shape index (κ2) is 6.71. The van der Waals surface area contributed by atoms with Crippen LogP contribution >= 0.6 is 0 Å². The second-order valence-electron chi connectivity index (χ2n) is 4.61. The largest absolute Gasteiger partial charge is 0.492 e. The van der Waals surface area contributed by atoms with Gasteiger partial charge in [-0.15, -0.1) is 0 Å². The van der Waals surface area contributed by atoms with Gasteiger partial charge in [0.2, 0.25) is 0 Å². The molecule has 1 N–H and O–H groups in total. The van der Waals surface area contributed by atoms with Crippen molar-refractivity contribution in [3.8, 4) is 5.75 Å². The smallest absolute Gasteiger partial charge is 0.285 e. The predicted molar refractivity (Wildman–Crippen MR) is 83.4 cm³/mol. The van der Waals surface area contributed by atoms with Crippen molar-refractivity contribution in [3.05, 3.63) is 63.7 Å². The number of hydrogen-bond acceptors (Lipinski definition) is 4. The van der Waals surface area contributed by atoms with Gasteiger partial charge < -0.3 is 10.1 Å². The van der Waals surface area contributed by atoms with Crippen LogP contribution in [0.5, 0.6) is 5.75 Å². The van der Waals surface area contributed by atoms with Crippen molar-refractivity contribution < 1.29 is 14.5 Å². The molecular weight excluding hydrogens is 284 g/mol. The highest BCUT2D eigenvalue weighted by Gasteiger charge is 2.22. The first-order valence-electron chi connectivity index (χ1n) is 6.81. The summed E-state index contributed by atoms with van der Waals surface area (Å²) in [6, 6.07) is 11.6. The average Bonchev–Trinajstić information content (AvgIpc) is 2.48. The number of nitro groups is 1. The minimum atomic E-state index is -0.543. The number of nitro benzene ring substituents is 1. The van der Waals surface area contributed by atoms with Gasteiger partial charge in [-0.1, -0.05) is 24.3 Å². The van der Waals surface area contributed by atoms with Gasteiger partial charge >= 0.3 is 0 Å². The van der Waals surface area contributed by atoms with E-state index in [1.807, 2.05) is 6.92 Å². The Bertz CT molecular complexity index is 713. The number of carbonyl (C=O) groups excluding carboxylic acids is 1. The Morgan fingerprint density at radius 1 is 1.23 bits per heavy atom. The molecule has 6 nitrogen and oxygen atoms in total. The van der Waals surface area contributed by atoms with Gasteiger partial charge in [0.1, 0.15) is 11.3 Å². The minimum absolute atomic E-state index is 0.0244. The molecule has 1 amide bonds. The van der Waals surface area contributed by atoms with Crippen LogP contribution in [0.3, 0.4) is 0 Å². The van der Waals surface area contributed by atoms with E-state index in [1.54, 1.807) is 43.3 Å². The van der Waals surface area contributed by atoms with E-state index in [4.69, 9.17) is 4.74 Å². The third-order valence-corrected chi connectivity index (χ3v) is 3.10. The standard InChI is InChI=1S/C16H16N2O4/c1-3-22-14-10-5-4-9-13(14)17-16(19)12-8-6-7-11(2)15(12)18(20)21/h4-10H,3H2,1-2H3,(H,17,19). The average molecular weight is 300 g/mol. The molecule has 0 bridgehead atoms. The molecule has 0 aliphatic carbocycles. The molecule has 0 aliphatic heterocycles. The number of anilines is 1. The van der Waals surface area contributed by atoms with Gasteiger partial charge in [0.25, 0.3) is 11.6 Å². The van der Waals surface area contributed by atoms with Crippen LogP contribution in [0.2, 0.25) is 0 Å². The second-order valence-corrected chi connectivity index (χ2v) is 4.61. The molecule has 0 saturated heterocycles. The summed E-state index contributed by atoms with van der Waals surface area (Å²) in [5.74, 6) is -0.0174. The molecule has 0 radical (unpaired) electrons. The van der Waals surface area contributed by atoms with Crippen molar-refractivity contribution in [2.24, 2.45) is 0 Å². The monoisotopic (exact) mass is 300 g/mol. The van der Waals surface area contributed by atoms with Crippen LogP contribution in [0.1, 0.15) is 22.8 Å². The zero-order valence-corrected chi connectivity index (χ0v) is 12.3. The van der Waals surface area contributed by atoms with E-state index in [0.29, 0.717) is 23.6 Å². The van der Waals surface area contributed by atoms with Gasteiger partial charge in [-0.3, -0.25) is 14.9 Å². The molecule has 0 aliphatic rings. The lowest BCUT2D eigenvalue weighted by Gasteiger charge is -2.11. The fourth-order valence-corrected chi connectivity index (χ4v) is 2.13. The number of carbonyl (C=O) groups is 1. The van der Waals surface area contributed by atoms with Gasteiger partial charge in [-0.2, -0.15) is 0 Å². The molecule has 0 unspecified atom stereocenters. The summed E-state index contributed by atoms with van der Waals surface area (Å²) < 4.78 is 5.43. The number of nitrogens with zero attached hydrogens (tertiary/aromatic N) is 1. The van der Waals surface area contributed by atoms with Crippen LogP contribution in [0.4, 0.5) is 11.4 Å². The molecule has 114 valence electrons. The summed E-state index contributed by atoms with van der Waals surface area (Å²) in [6.07, 6.45) is 0. The zero-order valence-electron chi connectivity index (χ0n) is 12.3. The van der Waals surface area contributed by atoms with Crippen LogP contribution in [0.15, 0.2) is 42.5 Å². The van der Waals surface area contributed by atoms with Crippen LogP contribution in [-0.2, 0) is 0 Å². The summed E-state index contributed by atoms with van der Waals surface area (Å²) in [7, 11) is 0. The molecular formula is C16H16N2O4. The number of amides is 1. The Kier molecular flexibility index (Phi) is 4.73. The van der Waals surface area contributed by atoms with E-state index in [2.05, 4.69) is 5.32 Å². The van der Waals surface area contributed by atoms with Gasteiger partial charge in [0, 0.05) is 5.56 Å². The first-order chi connectivity index (χ1) is 10.5. The SMILES string of the molecule is CCOc1ccccc1NC(=O)c1cccc(C)c1[N+](=O)[O-]. The predicted octanol–water partition coefficient (Wildman–Crippen LogP) is 3.55. The molecule has 6 heteroatoms. The van der Waals surface area contributed by atoms with Gasteiger partial charge in [0.05, 0.1) is 17.2 Å². The highest BCUT2D eigenvalue weighted by atomic mass is 16.6. The summed E-state index contributed by atoms with van der Waals surface area (Å²) in [4.78, 5) is 23.0. The van der Waals surface area contributed by atoms with Crippen molar-refractivity contribution in [2.75, 3.05) is 11.9 Å². The molecule has 22 heavy (non-hydrogen) atoms. The molecule has 0 aromatic heterocycles. The fraction of sp³-hybridized carbons (Fsp3) is 0.188. The maximum Gasteiger partial charge on any atom is 0.285 e. The Morgan fingerprint density at radius 2 is 1.95 bits per heavy atom.